The molecule has 3 aliphatic carbocycles. The lowest BCUT2D eigenvalue weighted by atomic mass is 9.72. The number of aromatic amines is 1. The second-order valence-electron chi connectivity index (χ2n) is 6.38. The molecule has 1 N–H and O–H groups in total. The predicted octanol–water partition coefficient (Wildman–Crippen LogP) is 3.52. The van der Waals surface area contributed by atoms with Crippen molar-refractivity contribution in [1.29, 1.82) is 0 Å². The maximum atomic E-state index is 13.1. The summed E-state index contributed by atoms with van der Waals surface area (Å²) in [5, 5.41) is 0. The summed E-state index contributed by atoms with van der Waals surface area (Å²) in [6.45, 7) is 2.08. The first-order chi connectivity index (χ1) is 12.0. The van der Waals surface area contributed by atoms with Crippen molar-refractivity contribution in [2.75, 3.05) is 6.61 Å². The van der Waals surface area contributed by atoms with Gasteiger partial charge in [0.25, 0.3) is 0 Å². The molecule has 2 aromatic rings. The number of carbonyl (C=O) groups is 1. The second kappa shape index (κ2) is 5.88. The summed E-state index contributed by atoms with van der Waals surface area (Å²) >= 11 is 0. The molecule has 5 nitrogen and oxygen atoms in total. The molecule has 2 atom stereocenters. The number of sulfone groups is 1. The number of hydrogen-bond donors (Lipinski definition) is 1. The van der Waals surface area contributed by atoms with Crippen molar-refractivity contribution >= 4 is 15.8 Å². The van der Waals surface area contributed by atoms with Gasteiger partial charge in [-0.05, 0) is 43.0 Å². The Kier molecular flexibility index (Phi) is 3.80. The van der Waals surface area contributed by atoms with Crippen LogP contribution in [0, 0.1) is 0 Å². The van der Waals surface area contributed by atoms with Crippen LogP contribution >= 0.6 is 0 Å². The Bertz CT molecular complexity index is 957. The predicted molar refractivity (Wildman–Crippen MR) is 93.2 cm³/mol. The van der Waals surface area contributed by atoms with Crippen LogP contribution in [0.4, 0.5) is 0 Å². The lowest BCUT2D eigenvalue weighted by Crippen LogP contribution is -2.26. The number of fused-ring (bicyclic) bond motifs is 1. The number of nitrogens with one attached hydrogen (secondary N) is 1. The number of carbonyl (C=O) groups excluding carboxylic acids is 1. The lowest BCUT2D eigenvalue weighted by molar-refractivity contribution is 0.0518. The zero-order valence-electron chi connectivity index (χ0n) is 13.9. The molecule has 1 heterocycles. The summed E-state index contributed by atoms with van der Waals surface area (Å²) in [5.74, 6) is -0.652. The zero-order chi connectivity index (χ0) is 17.6. The first kappa shape index (κ1) is 16.1. The van der Waals surface area contributed by atoms with E-state index in [4.69, 9.17) is 4.74 Å². The Hall–Kier alpha value is -2.34. The van der Waals surface area contributed by atoms with E-state index in [0.717, 1.165) is 24.0 Å². The molecule has 0 radical (unpaired) electrons. The van der Waals surface area contributed by atoms with Gasteiger partial charge in [0.05, 0.1) is 16.4 Å². The summed E-state index contributed by atoms with van der Waals surface area (Å²) in [7, 11) is -3.53. The average Bonchev–Trinajstić information content (AvgIpc) is 3.10. The standard InChI is InChI=1S/C19H19NO4S/c1-2-24-19(21)18-17-12-8-9-14(15(17)11-20-18)16(10-12)25(22,23)13-6-4-3-5-7-13/h3-7,10-12,14,20H,2,8-9H2,1H3/t12-,14-/m1/s1. The second-order valence-corrected chi connectivity index (χ2v) is 8.32. The molecule has 0 aliphatic heterocycles. The van der Waals surface area contributed by atoms with Crippen molar-refractivity contribution in [3.05, 3.63) is 64.3 Å². The minimum absolute atomic E-state index is 0.0702. The van der Waals surface area contributed by atoms with Crippen molar-refractivity contribution in [1.82, 2.24) is 4.98 Å². The average molecular weight is 357 g/mol. The van der Waals surface area contributed by atoms with Gasteiger partial charge < -0.3 is 9.72 Å². The van der Waals surface area contributed by atoms with Crippen LogP contribution in [0.5, 0.6) is 0 Å². The van der Waals surface area contributed by atoms with Crippen LogP contribution in [0.1, 0.15) is 53.2 Å². The van der Waals surface area contributed by atoms with E-state index in [1.54, 1.807) is 43.5 Å². The summed E-state index contributed by atoms with van der Waals surface area (Å²) in [4.78, 5) is 15.9. The first-order valence-corrected chi connectivity index (χ1v) is 9.92. The van der Waals surface area contributed by atoms with Crippen molar-refractivity contribution in [3.8, 4) is 0 Å². The molecule has 0 fully saturated rings. The molecule has 0 saturated carbocycles. The Morgan fingerprint density at radius 2 is 2.00 bits per heavy atom. The smallest absolute Gasteiger partial charge is 0.355 e. The molecule has 2 bridgehead atoms. The fourth-order valence-corrected chi connectivity index (χ4v) is 5.70. The highest BCUT2D eigenvalue weighted by atomic mass is 32.2. The molecule has 0 unspecified atom stereocenters. The molecule has 6 heteroatoms. The van der Waals surface area contributed by atoms with Crippen molar-refractivity contribution in [3.63, 3.8) is 0 Å². The maximum Gasteiger partial charge on any atom is 0.355 e. The molecular weight excluding hydrogens is 338 g/mol. The third kappa shape index (κ3) is 2.43. The van der Waals surface area contributed by atoms with Crippen LogP contribution in [0.15, 0.2) is 52.4 Å². The largest absolute Gasteiger partial charge is 0.461 e. The fraction of sp³-hybridized carbons (Fsp3) is 0.316. The van der Waals surface area contributed by atoms with Gasteiger partial charge in [-0.2, -0.15) is 0 Å². The number of benzene rings is 1. The van der Waals surface area contributed by atoms with Gasteiger partial charge in [-0.1, -0.05) is 24.3 Å². The van der Waals surface area contributed by atoms with E-state index < -0.39 is 9.84 Å². The number of aromatic nitrogens is 1. The quantitative estimate of drug-likeness (QED) is 0.850. The zero-order valence-corrected chi connectivity index (χ0v) is 14.7. The molecule has 130 valence electrons. The third-order valence-electron chi connectivity index (χ3n) is 5.02. The molecular formula is C19H19NO4S. The van der Waals surface area contributed by atoms with Crippen molar-refractivity contribution in [2.24, 2.45) is 0 Å². The summed E-state index contributed by atoms with van der Waals surface area (Å²) in [6.07, 6.45) is 5.22. The van der Waals surface area contributed by atoms with E-state index in [0.29, 0.717) is 22.1 Å². The molecule has 1 aromatic heterocycles. The highest BCUT2D eigenvalue weighted by molar-refractivity contribution is 7.95. The van der Waals surface area contributed by atoms with Gasteiger partial charge in [0.2, 0.25) is 9.84 Å². The van der Waals surface area contributed by atoms with Crippen LogP contribution in [-0.4, -0.2) is 26.0 Å². The van der Waals surface area contributed by atoms with Gasteiger partial charge in [-0.3, -0.25) is 0 Å². The van der Waals surface area contributed by atoms with Gasteiger partial charge >= 0.3 is 5.97 Å². The number of allylic oxidation sites excluding steroid dienone is 2. The van der Waals surface area contributed by atoms with Crippen LogP contribution < -0.4 is 0 Å². The van der Waals surface area contributed by atoms with Crippen molar-refractivity contribution < 1.29 is 17.9 Å². The summed E-state index contributed by atoms with van der Waals surface area (Å²) in [5.41, 5.74) is 2.27. The van der Waals surface area contributed by atoms with E-state index in [2.05, 4.69) is 4.98 Å². The van der Waals surface area contributed by atoms with Gasteiger partial charge in [-0.25, -0.2) is 13.2 Å². The molecule has 0 spiro atoms. The minimum atomic E-state index is -3.53. The number of hydrogen-bond acceptors (Lipinski definition) is 4. The van der Waals surface area contributed by atoms with E-state index in [-0.39, 0.29) is 17.8 Å². The van der Waals surface area contributed by atoms with Gasteiger partial charge in [-0.15, -0.1) is 0 Å². The lowest BCUT2D eigenvalue weighted by Gasteiger charge is -2.35. The normalized spacial score (nSPS) is 21.6. The molecule has 5 rings (SSSR count). The Morgan fingerprint density at radius 3 is 2.72 bits per heavy atom. The summed E-state index contributed by atoms with van der Waals surface area (Å²) < 4.78 is 31.2. The summed E-state index contributed by atoms with van der Waals surface area (Å²) in [6, 6.07) is 8.52. The first-order valence-electron chi connectivity index (χ1n) is 8.44. The van der Waals surface area contributed by atoms with Crippen LogP contribution in [0.3, 0.4) is 0 Å². The topological polar surface area (TPSA) is 76.2 Å². The number of ether oxygens (including phenoxy) is 1. The van der Waals surface area contributed by atoms with E-state index in [9.17, 15) is 13.2 Å². The molecule has 0 amide bonds. The van der Waals surface area contributed by atoms with E-state index >= 15 is 0 Å². The Labute approximate surface area is 146 Å². The van der Waals surface area contributed by atoms with Crippen LogP contribution in [0.25, 0.3) is 0 Å². The van der Waals surface area contributed by atoms with Gasteiger partial charge in [0.15, 0.2) is 0 Å². The highest BCUT2D eigenvalue weighted by Gasteiger charge is 2.42. The fourth-order valence-electron chi connectivity index (χ4n) is 3.94. The number of rotatable bonds is 4. The Balaban J connectivity index is 1.78. The van der Waals surface area contributed by atoms with E-state index in [1.165, 1.54) is 0 Å². The monoisotopic (exact) mass is 357 g/mol. The third-order valence-corrected chi connectivity index (χ3v) is 6.95. The molecule has 3 aliphatic rings. The van der Waals surface area contributed by atoms with E-state index in [1.807, 2.05) is 6.08 Å². The van der Waals surface area contributed by atoms with Crippen molar-refractivity contribution in [2.45, 2.75) is 36.5 Å². The van der Waals surface area contributed by atoms with Crippen LogP contribution in [-0.2, 0) is 14.6 Å². The van der Waals surface area contributed by atoms with Gasteiger partial charge in [0.1, 0.15) is 5.69 Å². The molecule has 1 aromatic carbocycles. The minimum Gasteiger partial charge on any atom is -0.461 e. The SMILES string of the molecule is CCOC(=O)c1[nH]cc2c1[C@H]1C=C(S(=O)(=O)c3ccccc3)[C@@H]2CC1. The van der Waals surface area contributed by atoms with Gasteiger partial charge in [0, 0.05) is 18.0 Å². The maximum absolute atomic E-state index is 13.1. The number of H-pyrrole nitrogens is 1. The van der Waals surface area contributed by atoms with Crippen LogP contribution in [0.2, 0.25) is 0 Å². The highest BCUT2D eigenvalue weighted by Crippen LogP contribution is 2.52. The molecule has 0 saturated heterocycles. The molecule has 25 heavy (non-hydrogen) atoms. The number of esters is 1. The Morgan fingerprint density at radius 1 is 1.24 bits per heavy atom.